The van der Waals surface area contributed by atoms with E-state index < -0.39 is 28.9 Å². The Kier molecular flexibility index (Phi) is 6.76. The maximum absolute atomic E-state index is 12.7. The monoisotopic (exact) mass is 440 g/mol. The van der Waals surface area contributed by atoms with Gasteiger partial charge in [-0.05, 0) is 42.8 Å². The van der Waals surface area contributed by atoms with Gasteiger partial charge < -0.3 is 14.4 Å². The SMILES string of the molecule is CCCN(CC(F)F)C(=O)c1ccc(NS(=O)(=O)c2ccc3c(c2)OCCO3)cc1. The number of hydrogen-bond donors (Lipinski definition) is 1. The summed E-state index contributed by atoms with van der Waals surface area (Å²) in [5, 5.41) is 0. The first-order valence-electron chi connectivity index (χ1n) is 9.40. The first-order valence-corrected chi connectivity index (χ1v) is 10.9. The highest BCUT2D eigenvalue weighted by Crippen LogP contribution is 2.32. The van der Waals surface area contributed by atoms with Gasteiger partial charge in [0.25, 0.3) is 22.4 Å². The van der Waals surface area contributed by atoms with Gasteiger partial charge in [-0.1, -0.05) is 6.92 Å². The lowest BCUT2D eigenvalue weighted by Gasteiger charge is -2.22. The first kappa shape index (κ1) is 21.8. The van der Waals surface area contributed by atoms with E-state index in [4.69, 9.17) is 9.47 Å². The van der Waals surface area contributed by atoms with Gasteiger partial charge in [-0.15, -0.1) is 0 Å². The predicted molar refractivity (Wildman–Crippen MR) is 107 cm³/mol. The van der Waals surface area contributed by atoms with E-state index in [-0.39, 0.29) is 22.7 Å². The Morgan fingerprint density at radius 2 is 1.77 bits per heavy atom. The number of amides is 1. The number of carbonyl (C=O) groups excluding carboxylic acids is 1. The molecular weight excluding hydrogens is 418 g/mol. The van der Waals surface area contributed by atoms with Gasteiger partial charge in [0.1, 0.15) is 13.2 Å². The average molecular weight is 440 g/mol. The van der Waals surface area contributed by atoms with Crippen LogP contribution in [0.4, 0.5) is 14.5 Å². The molecule has 1 heterocycles. The molecule has 2 aromatic rings. The Labute approximate surface area is 173 Å². The molecular formula is C20H22F2N2O5S. The second-order valence-corrected chi connectivity index (χ2v) is 8.31. The fraction of sp³-hybridized carbons (Fsp3) is 0.350. The third kappa shape index (κ3) is 5.18. The number of alkyl halides is 2. The van der Waals surface area contributed by atoms with Gasteiger partial charge in [-0.2, -0.15) is 0 Å². The van der Waals surface area contributed by atoms with Crippen LogP contribution in [0.15, 0.2) is 47.4 Å². The fourth-order valence-electron chi connectivity index (χ4n) is 2.98. The zero-order chi connectivity index (χ0) is 21.7. The van der Waals surface area contributed by atoms with E-state index in [0.717, 1.165) is 4.90 Å². The van der Waals surface area contributed by atoms with E-state index in [9.17, 15) is 22.0 Å². The second kappa shape index (κ2) is 9.29. The third-order valence-electron chi connectivity index (χ3n) is 4.35. The molecule has 1 N–H and O–H groups in total. The highest BCUT2D eigenvalue weighted by molar-refractivity contribution is 7.92. The van der Waals surface area contributed by atoms with Crippen LogP contribution < -0.4 is 14.2 Å². The highest BCUT2D eigenvalue weighted by Gasteiger charge is 2.21. The van der Waals surface area contributed by atoms with E-state index in [2.05, 4.69) is 4.72 Å². The molecule has 0 saturated carbocycles. The minimum atomic E-state index is -3.90. The Hall–Kier alpha value is -2.88. The van der Waals surface area contributed by atoms with Crippen molar-refractivity contribution in [3.05, 3.63) is 48.0 Å². The summed E-state index contributed by atoms with van der Waals surface area (Å²) in [6, 6.07) is 9.93. The van der Waals surface area contributed by atoms with Gasteiger partial charge in [0.05, 0.1) is 11.4 Å². The predicted octanol–water partition coefficient (Wildman–Crippen LogP) is 3.38. The zero-order valence-electron chi connectivity index (χ0n) is 16.3. The van der Waals surface area contributed by atoms with Crippen molar-refractivity contribution < 1.29 is 31.5 Å². The fourth-order valence-corrected chi connectivity index (χ4v) is 4.05. The minimum absolute atomic E-state index is 0.00189. The molecule has 0 bridgehead atoms. The standard InChI is InChI=1S/C20H22F2N2O5S/c1-2-9-24(13-19(21)22)20(25)14-3-5-15(6-4-14)23-30(26,27)16-7-8-17-18(12-16)29-11-10-28-17/h3-8,12,19,23H,2,9-11,13H2,1H3. The largest absolute Gasteiger partial charge is 0.486 e. The summed E-state index contributed by atoms with van der Waals surface area (Å²) in [7, 11) is -3.90. The summed E-state index contributed by atoms with van der Waals surface area (Å²) >= 11 is 0. The van der Waals surface area contributed by atoms with Crippen molar-refractivity contribution in [1.29, 1.82) is 0 Å². The second-order valence-electron chi connectivity index (χ2n) is 6.63. The number of anilines is 1. The number of halogens is 2. The van der Waals surface area contributed by atoms with Crippen molar-refractivity contribution in [2.45, 2.75) is 24.7 Å². The number of nitrogens with zero attached hydrogens (tertiary/aromatic N) is 1. The molecule has 1 aliphatic heterocycles. The van der Waals surface area contributed by atoms with E-state index in [1.54, 1.807) is 6.92 Å². The number of fused-ring (bicyclic) bond motifs is 1. The van der Waals surface area contributed by atoms with Crippen molar-refractivity contribution >= 4 is 21.6 Å². The molecule has 10 heteroatoms. The lowest BCUT2D eigenvalue weighted by atomic mass is 10.2. The van der Waals surface area contributed by atoms with Crippen LogP contribution in [-0.4, -0.2) is 52.0 Å². The summed E-state index contributed by atoms with van der Waals surface area (Å²) in [6.07, 6.45) is -2.08. The average Bonchev–Trinajstić information content (AvgIpc) is 2.72. The zero-order valence-corrected chi connectivity index (χ0v) is 17.1. The summed E-state index contributed by atoms with van der Waals surface area (Å²) in [5.74, 6) is 0.294. The molecule has 0 aliphatic carbocycles. The summed E-state index contributed by atoms with van der Waals surface area (Å²) in [5.41, 5.74) is 0.434. The Morgan fingerprint density at radius 3 is 2.40 bits per heavy atom. The molecule has 1 amide bonds. The van der Waals surface area contributed by atoms with Gasteiger partial charge in [0, 0.05) is 23.9 Å². The molecule has 1 aliphatic rings. The van der Waals surface area contributed by atoms with Gasteiger partial charge in [-0.3, -0.25) is 9.52 Å². The molecule has 0 aromatic heterocycles. The van der Waals surface area contributed by atoms with Gasteiger partial charge >= 0.3 is 0 Å². The van der Waals surface area contributed by atoms with Crippen LogP contribution in [0.25, 0.3) is 0 Å². The van der Waals surface area contributed by atoms with Crippen molar-refractivity contribution in [2.24, 2.45) is 0 Å². The van der Waals surface area contributed by atoms with Gasteiger partial charge in [-0.25, -0.2) is 17.2 Å². The normalized spacial score (nSPS) is 13.2. The van der Waals surface area contributed by atoms with Crippen LogP contribution in [0.1, 0.15) is 23.7 Å². The van der Waals surface area contributed by atoms with Crippen LogP contribution in [0, 0.1) is 0 Å². The Bertz CT molecular complexity index is 997. The van der Waals surface area contributed by atoms with E-state index >= 15 is 0 Å². The number of carbonyl (C=O) groups is 1. The maximum atomic E-state index is 12.7. The topological polar surface area (TPSA) is 84.9 Å². The Balaban J connectivity index is 1.74. The molecule has 3 rings (SSSR count). The summed E-state index contributed by atoms with van der Waals surface area (Å²) < 4.78 is 64.0. The maximum Gasteiger partial charge on any atom is 0.262 e. The van der Waals surface area contributed by atoms with Crippen molar-refractivity contribution in [2.75, 3.05) is 31.0 Å². The van der Waals surface area contributed by atoms with Crippen LogP contribution in [0.2, 0.25) is 0 Å². The Morgan fingerprint density at radius 1 is 1.10 bits per heavy atom. The number of hydrogen-bond acceptors (Lipinski definition) is 5. The summed E-state index contributed by atoms with van der Waals surface area (Å²) in [4.78, 5) is 13.5. The van der Waals surface area contributed by atoms with Crippen LogP contribution in [0.3, 0.4) is 0 Å². The highest BCUT2D eigenvalue weighted by atomic mass is 32.2. The first-order chi connectivity index (χ1) is 14.3. The number of benzene rings is 2. The number of ether oxygens (including phenoxy) is 2. The third-order valence-corrected chi connectivity index (χ3v) is 5.73. The molecule has 0 atom stereocenters. The van der Waals surface area contributed by atoms with Crippen LogP contribution in [-0.2, 0) is 10.0 Å². The van der Waals surface area contributed by atoms with Gasteiger partial charge in [0.15, 0.2) is 11.5 Å². The summed E-state index contributed by atoms with van der Waals surface area (Å²) in [6.45, 7) is 2.09. The molecule has 0 unspecified atom stereocenters. The van der Waals surface area contributed by atoms with E-state index in [0.29, 0.717) is 31.1 Å². The molecule has 162 valence electrons. The molecule has 7 nitrogen and oxygen atoms in total. The van der Waals surface area contributed by atoms with Crippen LogP contribution >= 0.6 is 0 Å². The quantitative estimate of drug-likeness (QED) is 0.680. The lowest BCUT2D eigenvalue weighted by molar-refractivity contribution is 0.0555. The lowest BCUT2D eigenvalue weighted by Crippen LogP contribution is -2.35. The minimum Gasteiger partial charge on any atom is -0.486 e. The molecule has 30 heavy (non-hydrogen) atoms. The van der Waals surface area contributed by atoms with Crippen molar-refractivity contribution in [3.8, 4) is 11.5 Å². The van der Waals surface area contributed by atoms with Crippen LogP contribution in [0.5, 0.6) is 11.5 Å². The number of nitrogens with one attached hydrogen (secondary N) is 1. The van der Waals surface area contributed by atoms with Crippen molar-refractivity contribution in [3.63, 3.8) is 0 Å². The molecule has 2 aromatic carbocycles. The van der Waals surface area contributed by atoms with E-state index in [1.807, 2.05) is 0 Å². The molecule has 0 radical (unpaired) electrons. The molecule has 0 saturated heterocycles. The smallest absolute Gasteiger partial charge is 0.262 e. The molecule has 0 spiro atoms. The number of sulfonamides is 1. The van der Waals surface area contributed by atoms with E-state index in [1.165, 1.54) is 42.5 Å². The number of rotatable bonds is 8. The van der Waals surface area contributed by atoms with Gasteiger partial charge in [0.2, 0.25) is 0 Å². The molecule has 0 fully saturated rings. The van der Waals surface area contributed by atoms with Crippen molar-refractivity contribution in [1.82, 2.24) is 4.90 Å².